The van der Waals surface area contributed by atoms with Crippen LogP contribution in [0.1, 0.15) is 46.4 Å². The van der Waals surface area contributed by atoms with E-state index in [1.807, 2.05) is 19.9 Å². The van der Waals surface area contributed by atoms with Crippen molar-refractivity contribution >= 4 is 11.9 Å². The summed E-state index contributed by atoms with van der Waals surface area (Å²) in [6.45, 7) is 4.46. The highest BCUT2D eigenvalue weighted by molar-refractivity contribution is 6.03. The average molecular weight is 291 g/mol. The van der Waals surface area contributed by atoms with Crippen LogP contribution in [-0.2, 0) is 13.6 Å². The number of carboxylic acid groups (broad SMARTS) is 1. The van der Waals surface area contributed by atoms with Gasteiger partial charge in [-0.05, 0) is 19.9 Å². The van der Waals surface area contributed by atoms with Gasteiger partial charge in [0.15, 0.2) is 0 Å². The molecule has 0 aliphatic carbocycles. The number of aromatic nitrogens is 4. The molecule has 0 aromatic carbocycles. The standard InChI is InChI=1S/C13H17N5O3/c1-4-18-10(5-6-14-18)8(2)16-12(19)11-9(13(20)21)7-15-17(11)3/h5-8H,4H2,1-3H3,(H,16,19)(H,20,21). The second kappa shape index (κ2) is 5.78. The van der Waals surface area contributed by atoms with Gasteiger partial charge in [-0.25, -0.2) is 4.79 Å². The smallest absolute Gasteiger partial charge is 0.339 e. The molecule has 2 aromatic heterocycles. The fourth-order valence-electron chi connectivity index (χ4n) is 2.18. The Labute approximate surface area is 121 Å². The number of carboxylic acids is 1. The predicted molar refractivity (Wildman–Crippen MR) is 73.9 cm³/mol. The van der Waals surface area contributed by atoms with Crippen molar-refractivity contribution in [1.82, 2.24) is 24.9 Å². The third-order valence-corrected chi connectivity index (χ3v) is 3.22. The van der Waals surface area contributed by atoms with E-state index in [2.05, 4.69) is 15.5 Å². The number of hydrogen-bond donors (Lipinski definition) is 2. The summed E-state index contributed by atoms with van der Waals surface area (Å²) >= 11 is 0. The Hall–Kier alpha value is -2.64. The van der Waals surface area contributed by atoms with Crippen molar-refractivity contribution in [2.75, 3.05) is 0 Å². The molecule has 0 aliphatic heterocycles. The van der Waals surface area contributed by atoms with E-state index in [0.29, 0.717) is 6.54 Å². The molecule has 0 saturated heterocycles. The SMILES string of the molecule is CCn1nccc1C(C)NC(=O)c1c(C(=O)O)cnn1C. The third kappa shape index (κ3) is 2.78. The Balaban J connectivity index is 2.22. The van der Waals surface area contributed by atoms with Crippen molar-refractivity contribution in [3.63, 3.8) is 0 Å². The largest absolute Gasteiger partial charge is 0.478 e. The number of nitrogens with zero attached hydrogens (tertiary/aromatic N) is 4. The van der Waals surface area contributed by atoms with Gasteiger partial charge in [-0.1, -0.05) is 0 Å². The molecule has 21 heavy (non-hydrogen) atoms. The van der Waals surface area contributed by atoms with Gasteiger partial charge in [0, 0.05) is 19.8 Å². The fraction of sp³-hybridized carbons (Fsp3) is 0.385. The van der Waals surface area contributed by atoms with Gasteiger partial charge in [0.2, 0.25) is 0 Å². The van der Waals surface area contributed by atoms with Crippen LogP contribution in [0.4, 0.5) is 0 Å². The van der Waals surface area contributed by atoms with Crippen molar-refractivity contribution in [1.29, 1.82) is 0 Å². The Bertz CT molecular complexity index is 673. The third-order valence-electron chi connectivity index (χ3n) is 3.22. The molecule has 2 rings (SSSR count). The van der Waals surface area contributed by atoms with Gasteiger partial charge in [-0.15, -0.1) is 0 Å². The molecule has 1 unspecified atom stereocenters. The van der Waals surface area contributed by atoms with E-state index < -0.39 is 11.9 Å². The van der Waals surface area contributed by atoms with Crippen LogP contribution in [0.25, 0.3) is 0 Å². The normalized spacial score (nSPS) is 12.1. The number of amides is 1. The summed E-state index contributed by atoms with van der Waals surface area (Å²) in [6.07, 6.45) is 2.83. The van der Waals surface area contributed by atoms with Crippen molar-refractivity contribution in [3.05, 3.63) is 35.4 Å². The van der Waals surface area contributed by atoms with E-state index in [4.69, 9.17) is 5.11 Å². The van der Waals surface area contributed by atoms with Gasteiger partial charge < -0.3 is 10.4 Å². The lowest BCUT2D eigenvalue weighted by molar-refractivity contribution is 0.0690. The van der Waals surface area contributed by atoms with Crippen molar-refractivity contribution in [2.24, 2.45) is 7.05 Å². The number of carbonyl (C=O) groups excluding carboxylic acids is 1. The lowest BCUT2D eigenvalue weighted by Crippen LogP contribution is -2.31. The van der Waals surface area contributed by atoms with Crippen LogP contribution in [0.2, 0.25) is 0 Å². The van der Waals surface area contributed by atoms with Gasteiger partial charge in [-0.3, -0.25) is 14.2 Å². The summed E-state index contributed by atoms with van der Waals surface area (Å²) in [6, 6.07) is 1.52. The molecule has 1 atom stereocenters. The molecule has 0 aliphatic rings. The first-order valence-corrected chi connectivity index (χ1v) is 6.53. The maximum absolute atomic E-state index is 12.3. The van der Waals surface area contributed by atoms with E-state index in [1.165, 1.54) is 11.7 Å². The molecule has 0 spiro atoms. The van der Waals surface area contributed by atoms with Crippen LogP contribution >= 0.6 is 0 Å². The lowest BCUT2D eigenvalue weighted by Gasteiger charge is -2.15. The summed E-state index contributed by atoms with van der Waals surface area (Å²) in [5.41, 5.74) is 0.757. The highest BCUT2D eigenvalue weighted by Gasteiger charge is 2.23. The van der Waals surface area contributed by atoms with E-state index in [-0.39, 0.29) is 17.3 Å². The minimum atomic E-state index is -1.18. The van der Waals surface area contributed by atoms with Crippen LogP contribution in [-0.4, -0.2) is 36.5 Å². The van der Waals surface area contributed by atoms with Gasteiger partial charge in [0.1, 0.15) is 11.3 Å². The molecule has 0 saturated carbocycles. The van der Waals surface area contributed by atoms with Crippen LogP contribution in [0.3, 0.4) is 0 Å². The van der Waals surface area contributed by atoms with E-state index in [1.54, 1.807) is 10.9 Å². The van der Waals surface area contributed by atoms with E-state index >= 15 is 0 Å². The molecule has 8 nitrogen and oxygen atoms in total. The first-order chi connectivity index (χ1) is 9.95. The first-order valence-electron chi connectivity index (χ1n) is 6.53. The summed E-state index contributed by atoms with van der Waals surface area (Å²) in [5, 5.41) is 19.8. The number of nitrogens with one attached hydrogen (secondary N) is 1. The topological polar surface area (TPSA) is 102 Å². The summed E-state index contributed by atoms with van der Waals surface area (Å²) < 4.78 is 3.02. The van der Waals surface area contributed by atoms with Crippen LogP contribution < -0.4 is 5.32 Å². The fourth-order valence-corrected chi connectivity index (χ4v) is 2.18. The molecule has 1 amide bonds. The van der Waals surface area contributed by atoms with Gasteiger partial charge in [-0.2, -0.15) is 10.2 Å². The number of hydrogen-bond acceptors (Lipinski definition) is 4. The van der Waals surface area contributed by atoms with E-state index in [0.717, 1.165) is 11.9 Å². The van der Waals surface area contributed by atoms with Gasteiger partial charge in [0.05, 0.1) is 17.9 Å². The molecule has 2 aromatic rings. The Morgan fingerprint density at radius 2 is 2.14 bits per heavy atom. The quantitative estimate of drug-likeness (QED) is 0.849. The zero-order valence-electron chi connectivity index (χ0n) is 12.1. The minimum absolute atomic E-state index is 0.0249. The maximum atomic E-state index is 12.3. The van der Waals surface area contributed by atoms with Crippen LogP contribution in [0, 0.1) is 0 Å². The van der Waals surface area contributed by atoms with E-state index in [9.17, 15) is 9.59 Å². The maximum Gasteiger partial charge on any atom is 0.339 e. The molecule has 0 bridgehead atoms. The second-order valence-electron chi connectivity index (χ2n) is 4.60. The monoisotopic (exact) mass is 291 g/mol. The average Bonchev–Trinajstić information content (AvgIpc) is 3.04. The van der Waals surface area contributed by atoms with Crippen molar-refractivity contribution in [3.8, 4) is 0 Å². The zero-order valence-corrected chi connectivity index (χ0v) is 12.1. The lowest BCUT2D eigenvalue weighted by atomic mass is 10.2. The molecular formula is C13H17N5O3. The molecule has 2 N–H and O–H groups in total. The number of carbonyl (C=O) groups is 2. The van der Waals surface area contributed by atoms with Crippen molar-refractivity contribution in [2.45, 2.75) is 26.4 Å². The number of rotatable bonds is 5. The van der Waals surface area contributed by atoms with Gasteiger partial charge >= 0.3 is 5.97 Å². The molecule has 112 valence electrons. The molecule has 8 heteroatoms. The Morgan fingerprint density at radius 3 is 2.76 bits per heavy atom. The zero-order chi connectivity index (χ0) is 15.6. The minimum Gasteiger partial charge on any atom is -0.478 e. The number of aromatic carboxylic acids is 1. The second-order valence-corrected chi connectivity index (χ2v) is 4.60. The van der Waals surface area contributed by atoms with Crippen molar-refractivity contribution < 1.29 is 14.7 Å². The molecule has 2 heterocycles. The number of aryl methyl sites for hydroxylation is 2. The summed E-state index contributed by atoms with van der Waals surface area (Å²) in [5.74, 6) is -1.66. The Morgan fingerprint density at radius 1 is 1.43 bits per heavy atom. The van der Waals surface area contributed by atoms with Crippen LogP contribution in [0.15, 0.2) is 18.5 Å². The molecule has 0 fully saturated rings. The first kappa shape index (κ1) is 14.8. The highest BCUT2D eigenvalue weighted by Crippen LogP contribution is 2.14. The molecule has 0 radical (unpaired) electrons. The molecular weight excluding hydrogens is 274 g/mol. The summed E-state index contributed by atoms with van der Waals surface area (Å²) in [7, 11) is 1.53. The Kier molecular flexibility index (Phi) is 4.06. The van der Waals surface area contributed by atoms with Crippen LogP contribution in [0.5, 0.6) is 0 Å². The highest BCUT2D eigenvalue weighted by atomic mass is 16.4. The predicted octanol–water partition coefficient (Wildman–Crippen LogP) is 0.826. The van der Waals surface area contributed by atoms with Gasteiger partial charge in [0.25, 0.3) is 5.91 Å². The summed E-state index contributed by atoms with van der Waals surface area (Å²) in [4.78, 5) is 23.4.